The molecule has 1 atom stereocenters. The van der Waals surface area contributed by atoms with Crippen LogP contribution in [0.15, 0.2) is 12.5 Å². The summed E-state index contributed by atoms with van der Waals surface area (Å²) in [5.41, 5.74) is 1.18. The van der Waals surface area contributed by atoms with Crippen LogP contribution in [0, 0.1) is 5.92 Å². The van der Waals surface area contributed by atoms with Crippen molar-refractivity contribution in [3.05, 3.63) is 18.2 Å². The first-order chi connectivity index (χ1) is 7.36. The van der Waals surface area contributed by atoms with Gasteiger partial charge in [-0.2, -0.15) is 0 Å². The van der Waals surface area contributed by atoms with Gasteiger partial charge in [-0.25, -0.2) is 4.98 Å². The van der Waals surface area contributed by atoms with E-state index in [1.54, 1.807) is 6.33 Å². The van der Waals surface area contributed by atoms with Crippen molar-refractivity contribution in [2.45, 2.75) is 51.6 Å². The smallest absolute Gasteiger partial charge is 0.0922 e. The maximum Gasteiger partial charge on any atom is 0.0922 e. The lowest BCUT2D eigenvalue weighted by Crippen LogP contribution is -2.34. The fraction of sp³-hybridized carbons (Fsp3) is 0.750. The number of hydrogen-bond donors (Lipinski definition) is 2. The first-order valence-corrected chi connectivity index (χ1v) is 6.07. The standard InChI is InChI=1S/C12H21N3/c1-10(11-5-3-2-4-6-11)14-8-12-7-13-9-15-12/h7,9-11,14H,2-6,8H2,1H3,(H,13,15)/t10-/m0/s1. The number of nitrogens with zero attached hydrogens (tertiary/aromatic N) is 1. The van der Waals surface area contributed by atoms with Crippen LogP contribution in [0.2, 0.25) is 0 Å². The number of imidazole rings is 1. The van der Waals surface area contributed by atoms with Gasteiger partial charge in [-0.3, -0.25) is 0 Å². The number of hydrogen-bond acceptors (Lipinski definition) is 2. The van der Waals surface area contributed by atoms with Gasteiger partial charge in [0.1, 0.15) is 0 Å². The summed E-state index contributed by atoms with van der Waals surface area (Å²) in [7, 11) is 0. The van der Waals surface area contributed by atoms with Crippen molar-refractivity contribution in [3.8, 4) is 0 Å². The van der Waals surface area contributed by atoms with Gasteiger partial charge >= 0.3 is 0 Å². The van der Waals surface area contributed by atoms with E-state index in [0.717, 1.165) is 12.5 Å². The summed E-state index contributed by atoms with van der Waals surface area (Å²) in [6.07, 6.45) is 10.7. The fourth-order valence-corrected chi connectivity index (χ4v) is 2.45. The highest BCUT2D eigenvalue weighted by Crippen LogP contribution is 2.26. The minimum atomic E-state index is 0.633. The van der Waals surface area contributed by atoms with E-state index in [1.807, 2.05) is 6.20 Å². The molecule has 0 amide bonds. The van der Waals surface area contributed by atoms with Gasteiger partial charge in [-0.1, -0.05) is 19.3 Å². The molecule has 3 nitrogen and oxygen atoms in total. The van der Waals surface area contributed by atoms with Gasteiger partial charge in [0.2, 0.25) is 0 Å². The van der Waals surface area contributed by atoms with Crippen LogP contribution in [0.4, 0.5) is 0 Å². The normalized spacial score (nSPS) is 20.3. The Hall–Kier alpha value is -0.830. The molecule has 0 bridgehead atoms. The summed E-state index contributed by atoms with van der Waals surface area (Å²) in [4.78, 5) is 7.14. The van der Waals surface area contributed by atoms with Gasteiger partial charge in [-0.05, 0) is 25.7 Å². The summed E-state index contributed by atoms with van der Waals surface area (Å²) in [5.74, 6) is 0.877. The zero-order valence-corrected chi connectivity index (χ0v) is 9.50. The SMILES string of the molecule is C[C@H](NCc1cnc[nH]1)C1CCCCC1. The first-order valence-electron chi connectivity index (χ1n) is 6.07. The molecule has 1 heterocycles. The van der Waals surface area contributed by atoms with Crippen molar-refractivity contribution in [3.63, 3.8) is 0 Å². The van der Waals surface area contributed by atoms with Crippen LogP contribution in [0.1, 0.15) is 44.7 Å². The summed E-state index contributed by atoms with van der Waals surface area (Å²) >= 11 is 0. The second-order valence-corrected chi connectivity index (χ2v) is 4.64. The average Bonchev–Trinajstić information content (AvgIpc) is 2.80. The third-order valence-electron chi connectivity index (χ3n) is 3.53. The van der Waals surface area contributed by atoms with Crippen molar-refractivity contribution in [1.82, 2.24) is 15.3 Å². The Morgan fingerprint density at radius 2 is 2.27 bits per heavy atom. The highest BCUT2D eigenvalue weighted by molar-refractivity contribution is 4.94. The van der Waals surface area contributed by atoms with Crippen molar-refractivity contribution < 1.29 is 0 Å². The van der Waals surface area contributed by atoms with Crippen LogP contribution in [0.3, 0.4) is 0 Å². The van der Waals surface area contributed by atoms with E-state index in [4.69, 9.17) is 0 Å². The van der Waals surface area contributed by atoms with Crippen LogP contribution in [0.25, 0.3) is 0 Å². The molecule has 1 aromatic heterocycles. The molecule has 1 fully saturated rings. The first kappa shape index (κ1) is 10.7. The number of aromatic amines is 1. The number of rotatable bonds is 4. The van der Waals surface area contributed by atoms with Crippen LogP contribution in [-0.4, -0.2) is 16.0 Å². The lowest BCUT2D eigenvalue weighted by molar-refractivity contribution is 0.280. The number of aromatic nitrogens is 2. The van der Waals surface area contributed by atoms with E-state index in [1.165, 1.54) is 37.8 Å². The summed E-state index contributed by atoms with van der Waals surface area (Å²) in [5, 5.41) is 3.58. The predicted octanol–water partition coefficient (Wildman–Crippen LogP) is 2.47. The van der Waals surface area contributed by atoms with E-state index < -0.39 is 0 Å². The van der Waals surface area contributed by atoms with Crippen LogP contribution in [0.5, 0.6) is 0 Å². The summed E-state index contributed by atoms with van der Waals surface area (Å²) in [6, 6.07) is 0.633. The molecule has 84 valence electrons. The molecule has 1 aromatic rings. The van der Waals surface area contributed by atoms with Crippen LogP contribution < -0.4 is 5.32 Å². The third kappa shape index (κ3) is 3.06. The minimum Gasteiger partial charge on any atom is -0.347 e. The van der Waals surface area contributed by atoms with Crippen LogP contribution >= 0.6 is 0 Å². The van der Waals surface area contributed by atoms with Gasteiger partial charge in [0.05, 0.1) is 6.33 Å². The topological polar surface area (TPSA) is 40.7 Å². The minimum absolute atomic E-state index is 0.633. The maximum absolute atomic E-state index is 4.02. The quantitative estimate of drug-likeness (QED) is 0.796. The van der Waals surface area contributed by atoms with Crippen molar-refractivity contribution >= 4 is 0 Å². The van der Waals surface area contributed by atoms with Gasteiger partial charge in [0, 0.05) is 24.5 Å². The Balaban J connectivity index is 1.74. The molecule has 1 aliphatic carbocycles. The van der Waals surface area contributed by atoms with Crippen molar-refractivity contribution in [2.24, 2.45) is 5.92 Å². The summed E-state index contributed by atoms with van der Waals surface area (Å²) in [6.45, 7) is 3.23. The molecule has 1 saturated carbocycles. The molecule has 3 heteroatoms. The van der Waals surface area contributed by atoms with Gasteiger partial charge in [-0.15, -0.1) is 0 Å². The van der Waals surface area contributed by atoms with E-state index in [2.05, 4.69) is 22.2 Å². The zero-order chi connectivity index (χ0) is 10.5. The fourth-order valence-electron chi connectivity index (χ4n) is 2.45. The predicted molar refractivity (Wildman–Crippen MR) is 61.5 cm³/mol. The lowest BCUT2D eigenvalue weighted by atomic mass is 9.84. The van der Waals surface area contributed by atoms with Crippen molar-refractivity contribution in [2.75, 3.05) is 0 Å². The Morgan fingerprint density at radius 1 is 1.47 bits per heavy atom. The molecule has 0 saturated heterocycles. The lowest BCUT2D eigenvalue weighted by Gasteiger charge is -2.28. The maximum atomic E-state index is 4.02. The molecule has 2 N–H and O–H groups in total. The van der Waals surface area contributed by atoms with Crippen molar-refractivity contribution in [1.29, 1.82) is 0 Å². The molecule has 1 aliphatic rings. The highest BCUT2D eigenvalue weighted by atomic mass is 15.0. The molecule has 0 aliphatic heterocycles. The van der Waals surface area contributed by atoms with Gasteiger partial charge < -0.3 is 10.3 Å². The Bertz CT molecular complexity index is 262. The highest BCUT2D eigenvalue weighted by Gasteiger charge is 2.19. The Labute approximate surface area is 91.7 Å². The largest absolute Gasteiger partial charge is 0.347 e. The zero-order valence-electron chi connectivity index (χ0n) is 9.50. The number of H-pyrrole nitrogens is 1. The molecule has 0 radical (unpaired) electrons. The second-order valence-electron chi connectivity index (χ2n) is 4.64. The molecule has 0 unspecified atom stereocenters. The Morgan fingerprint density at radius 3 is 2.93 bits per heavy atom. The van der Waals surface area contributed by atoms with E-state index in [0.29, 0.717) is 6.04 Å². The van der Waals surface area contributed by atoms with E-state index in [-0.39, 0.29) is 0 Å². The summed E-state index contributed by atoms with van der Waals surface area (Å²) < 4.78 is 0. The monoisotopic (exact) mass is 207 g/mol. The molecule has 15 heavy (non-hydrogen) atoms. The average molecular weight is 207 g/mol. The molecule has 0 aromatic carbocycles. The van der Waals surface area contributed by atoms with E-state index in [9.17, 15) is 0 Å². The van der Waals surface area contributed by atoms with Gasteiger partial charge in [0.25, 0.3) is 0 Å². The molecule has 0 spiro atoms. The number of nitrogens with one attached hydrogen (secondary N) is 2. The van der Waals surface area contributed by atoms with Gasteiger partial charge in [0.15, 0.2) is 0 Å². The molecule has 2 rings (SSSR count). The molecular weight excluding hydrogens is 186 g/mol. The van der Waals surface area contributed by atoms with Crippen LogP contribution in [-0.2, 0) is 6.54 Å². The second kappa shape index (κ2) is 5.31. The van der Waals surface area contributed by atoms with E-state index >= 15 is 0 Å². The third-order valence-corrected chi connectivity index (χ3v) is 3.53. The Kier molecular flexibility index (Phi) is 3.78. The molecular formula is C12H21N3.